The molecule has 0 aliphatic carbocycles. The average molecular weight is 230 g/mol. The molecule has 0 saturated carbocycles. The molecule has 0 aliphatic heterocycles. The number of fused-ring (bicyclic) bond motifs is 1. The van der Waals surface area contributed by atoms with Gasteiger partial charge >= 0.3 is 0 Å². The largest absolute Gasteiger partial charge is 0.395 e. The summed E-state index contributed by atoms with van der Waals surface area (Å²) in [6.45, 7) is 1.65. The molecule has 1 N–H and O–H groups in total. The third-order valence-electron chi connectivity index (χ3n) is 2.56. The molecule has 0 unspecified atom stereocenters. The van der Waals surface area contributed by atoms with Crippen LogP contribution in [0.1, 0.15) is 6.92 Å². The minimum Gasteiger partial charge on any atom is -0.395 e. The lowest BCUT2D eigenvalue weighted by atomic mass is 10.2. The van der Waals surface area contributed by atoms with Crippen molar-refractivity contribution in [2.75, 3.05) is 18.1 Å². The van der Waals surface area contributed by atoms with E-state index in [-0.39, 0.29) is 19.1 Å². The van der Waals surface area contributed by atoms with Crippen molar-refractivity contribution < 1.29 is 9.90 Å². The van der Waals surface area contributed by atoms with E-state index >= 15 is 0 Å². The normalized spacial score (nSPS) is 10.5. The molecule has 2 aromatic rings. The fraction of sp³-hybridized carbons (Fsp3) is 0.231. The van der Waals surface area contributed by atoms with Crippen molar-refractivity contribution in [1.82, 2.24) is 4.98 Å². The summed E-state index contributed by atoms with van der Waals surface area (Å²) in [5.41, 5.74) is 0.842. The molecule has 0 radical (unpaired) electrons. The van der Waals surface area contributed by atoms with Crippen LogP contribution in [0.3, 0.4) is 0 Å². The molecule has 0 fully saturated rings. The third-order valence-corrected chi connectivity index (χ3v) is 2.56. The van der Waals surface area contributed by atoms with E-state index < -0.39 is 0 Å². The van der Waals surface area contributed by atoms with Crippen LogP contribution in [0.4, 0.5) is 5.82 Å². The number of anilines is 1. The van der Waals surface area contributed by atoms with Crippen molar-refractivity contribution in [3.05, 3.63) is 36.4 Å². The van der Waals surface area contributed by atoms with Crippen molar-refractivity contribution in [3.8, 4) is 0 Å². The van der Waals surface area contributed by atoms with E-state index in [1.165, 1.54) is 11.8 Å². The van der Waals surface area contributed by atoms with Gasteiger partial charge in [-0.15, -0.1) is 0 Å². The number of aromatic nitrogens is 1. The van der Waals surface area contributed by atoms with Crippen LogP contribution in [-0.4, -0.2) is 29.1 Å². The van der Waals surface area contributed by atoms with Gasteiger partial charge in [0.05, 0.1) is 18.7 Å². The van der Waals surface area contributed by atoms with Crippen LogP contribution in [-0.2, 0) is 4.79 Å². The Kier molecular flexibility index (Phi) is 3.35. The summed E-state index contributed by atoms with van der Waals surface area (Å²) in [6, 6.07) is 11.4. The van der Waals surface area contributed by atoms with Crippen LogP contribution in [0.2, 0.25) is 0 Å². The second kappa shape index (κ2) is 4.93. The molecular weight excluding hydrogens is 216 g/mol. The van der Waals surface area contributed by atoms with Crippen molar-refractivity contribution in [1.29, 1.82) is 0 Å². The summed E-state index contributed by atoms with van der Waals surface area (Å²) in [6.07, 6.45) is 0. The smallest absolute Gasteiger partial charge is 0.225 e. The molecule has 0 aliphatic rings. The van der Waals surface area contributed by atoms with Gasteiger partial charge in [0.15, 0.2) is 0 Å². The summed E-state index contributed by atoms with van der Waals surface area (Å²) in [5, 5.41) is 9.97. The lowest BCUT2D eigenvalue weighted by Crippen LogP contribution is -2.32. The maximum Gasteiger partial charge on any atom is 0.225 e. The number of aliphatic hydroxyl groups excluding tert-OH is 1. The number of carbonyl (C=O) groups is 1. The van der Waals surface area contributed by atoms with Gasteiger partial charge in [-0.2, -0.15) is 0 Å². The average Bonchev–Trinajstić information content (AvgIpc) is 2.35. The molecule has 0 bridgehead atoms. The summed E-state index contributed by atoms with van der Waals surface area (Å²) in [7, 11) is 0. The molecule has 1 aromatic carbocycles. The van der Waals surface area contributed by atoms with E-state index in [0.717, 1.165) is 10.9 Å². The number of pyridine rings is 1. The first kappa shape index (κ1) is 11.5. The highest BCUT2D eigenvalue weighted by Crippen LogP contribution is 2.17. The number of aliphatic hydroxyl groups is 1. The second-order valence-electron chi connectivity index (χ2n) is 3.76. The zero-order valence-corrected chi connectivity index (χ0v) is 9.63. The van der Waals surface area contributed by atoms with Gasteiger partial charge in [0.2, 0.25) is 5.91 Å². The highest BCUT2D eigenvalue weighted by atomic mass is 16.3. The number of amides is 1. The third kappa shape index (κ3) is 2.42. The van der Waals surface area contributed by atoms with E-state index in [4.69, 9.17) is 5.11 Å². The van der Waals surface area contributed by atoms with Crippen LogP contribution < -0.4 is 4.90 Å². The lowest BCUT2D eigenvalue weighted by molar-refractivity contribution is -0.116. The summed E-state index contributed by atoms with van der Waals surface area (Å²) < 4.78 is 0. The topological polar surface area (TPSA) is 53.4 Å². The highest BCUT2D eigenvalue weighted by molar-refractivity contribution is 5.92. The maximum atomic E-state index is 11.4. The number of rotatable bonds is 3. The van der Waals surface area contributed by atoms with Crippen LogP contribution in [0, 0.1) is 0 Å². The van der Waals surface area contributed by atoms with Crippen molar-refractivity contribution in [3.63, 3.8) is 0 Å². The predicted molar refractivity (Wildman–Crippen MR) is 66.9 cm³/mol. The van der Waals surface area contributed by atoms with Crippen molar-refractivity contribution in [2.24, 2.45) is 0 Å². The SMILES string of the molecule is CC(=O)N(CCO)c1ccc2ccccc2n1. The molecule has 1 heterocycles. The van der Waals surface area contributed by atoms with E-state index in [1.807, 2.05) is 30.3 Å². The fourth-order valence-corrected chi connectivity index (χ4v) is 1.74. The van der Waals surface area contributed by atoms with Gasteiger partial charge in [-0.05, 0) is 18.2 Å². The molecule has 4 heteroatoms. The van der Waals surface area contributed by atoms with Crippen molar-refractivity contribution >= 4 is 22.6 Å². The standard InChI is InChI=1S/C13H14N2O2/c1-10(17)15(8-9-16)13-7-6-11-4-2-3-5-12(11)14-13/h2-7,16H,8-9H2,1H3. The fourth-order valence-electron chi connectivity index (χ4n) is 1.74. The molecule has 0 saturated heterocycles. The number of hydrogen-bond donors (Lipinski definition) is 1. The van der Waals surface area contributed by atoms with Gasteiger partial charge in [-0.3, -0.25) is 9.69 Å². The molecular formula is C13H14N2O2. The molecule has 1 aromatic heterocycles. The van der Waals surface area contributed by atoms with Crippen molar-refractivity contribution in [2.45, 2.75) is 6.92 Å². The number of para-hydroxylation sites is 1. The van der Waals surface area contributed by atoms with E-state index in [0.29, 0.717) is 5.82 Å². The van der Waals surface area contributed by atoms with Gasteiger partial charge in [-0.25, -0.2) is 4.98 Å². The summed E-state index contributed by atoms with van der Waals surface area (Å²) in [4.78, 5) is 17.3. The van der Waals surface area contributed by atoms with Gasteiger partial charge in [0, 0.05) is 12.3 Å². The minimum absolute atomic E-state index is 0.0753. The van der Waals surface area contributed by atoms with E-state index in [2.05, 4.69) is 4.98 Å². The Morgan fingerprint density at radius 3 is 2.76 bits per heavy atom. The lowest BCUT2D eigenvalue weighted by Gasteiger charge is -2.19. The van der Waals surface area contributed by atoms with Crippen LogP contribution in [0.5, 0.6) is 0 Å². The van der Waals surface area contributed by atoms with Gasteiger partial charge in [-0.1, -0.05) is 18.2 Å². The molecule has 0 atom stereocenters. The monoisotopic (exact) mass is 230 g/mol. The van der Waals surface area contributed by atoms with Gasteiger partial charge in [0.1, 0.15) is 5.82 Å². The van der Waals surface area contributed by atoms with Crippen LogP contribution >= 0.6 is 0 Å². The molecule has 0 spiro atoms. The second-order valence-corrected chi connectivity index (χ2v) is 3.76. The van der Waals surface area contributed by atoms with Gasteiger partial charge in [0.25, 0.3) is 0 Å². The zero-order chi connectivity index (χ0) is 12.3. The Morgan fingerprint density at radius 1 is 1.29 bits per heavy atom. The number of benzene rings is 1. The number of carbonyl (C=O) groups excluding carboxylic acids is 1. The molecule has 88 valence electrons. The maximum absolute atomic E-state index is 11.4. The molecule has 2 rings (SSSR count). The van der Waals surface area contributed by atoms with Crippen LogP contribution in [0.25, 0.3) is 10.9 Å². The highest BCUT2D eigenvalue weighted by Gasteiger charge is 2.12. The summed E-state index contributed by atoms with van der Waals surface area (Å²) >= 11 is 0. The minimum atomic E-state index is -0.123. The Morgan fingerprint density at radius 2 is 2.06 bits per heavy atom. The Labute approximate surface area is 99.5 Å². The molecule has 17 heavy (non-hydrogen) atoms. The van der Waals surface area contributed by atoms with Crippen LogP contribution in [0.15, 0.2) is 36.4 Å². The predicted octanol–water partition coefficient (Wildman–Crippen LogP) is 1.58. The van der Waals surface area contributed by atoms with E-state index in [1.54, 1.807) is 6.07 Å². The van der Waals surface area contributed by atoms with E-state index in [9.17, 15) is 4.79 Å². The first-order valence-corrected chi connectivity index (χ1v) is 5.47. The Bertz CT molecular complexity index is 540. The Hall–Kier alpha value is -1.94. The summed E-state index contributed by atoms with van der Waals surface area (Å²) in [5.74, 6) is 0.451. The number of nitrogens with zero attached hydrogens (tertiary/aromatic N) is 2. The zero-order valence-electron chi connectivity index (χ0n) is 9.63. The molecule has 4 nitrogen and oxygen atoms in total. The first-order valence-electron chi connectivity index (χ1n) is 5.47. The quantitative estimate of drug-likeness (QED) is 0.871. The number of hydrogen-bond acceptors (Lipinski definition) is 3. The molecule has 1 amide bonds. The first-order chi connectivity index (χ1) is 8.22. The van der Waals surface area contributed by atoms with Gasteiger partial charge < -0.3 is 5.11 Å². The Balaban J connectivity index is 2.43.